The lowest BCUT2D eigenvalue weighted by Gasteiger charge is -2.27. The van der Waals surface area contributed by atoms with Gasteiger partial charge in [-0.1, -0.05) is 35.9 Å². The molecule has 2 N–H and O–H groups in total. The zero-order valence-corrected chi connectivity index (χ0v) is 19.0. The summed E-state index contributed by atoms with van der Waals surface area (Å²) in [5.74, 6) is 1.31. The number of benzene rings is 2. The molecule has 0 aromatic heterocycles. The Labute approximate surface area is 189 Å². The van der Waals surface area contributed by atoms with Crippen molar-refractivity contribution in [2.24, 2.45) is 0 Å². The zero-order valence-electron chi connectivity index (χ0n) is 18.2. The lowest BCUT2D eigenvalue weighted by atomic mass is 9.96. The van der Waals surface area contributed by atoms with Crippen LogP contribution in [0.2, 0.25) is 5.02 Å². The summed E-state index contributed by atoms with van der Waals surface area (Å²) in [5.41, 5.74) is 1.06. The van der Waals surface area contributed by atoms with Crippen LogP contribution >= 0.6 is 11.6 Å². The highest BCUT2D eigenvalue weighted by Crippen LogP contribution is 2.29. The van der Waals surface area contributed by atoms with Crippen LogP contribution in [-0.2, 0) is 11.3 Å². The summed E-state index contributed by atoms with van der Waals surface area (Å²) in [6.45, 7) is 4.27. The molecule has 0 bridgehead atoms. The van der Waals surface area contributed by atoms with E-state index in [1.807, 2.05) is 43.3 Å². The molecule has 1 fully saturated rings. The van der Waals surface area contributed by atoms with E-state index in [2.05, 4.69) is 10.2 Å². The van der Waals surface area contributed by atoms with E-state index in [0.29, 0.717) is 43.2 Å². The van der Waals surface area contributed by atoms with E-state index >= 15 is 0 Å². The molecular weight excluding hydrogens is 416 g/mol. The van der Waals surface area contributed by atoms with E-state index in [4.69, 9.17) is 21.1 Å². The van der Waals surface area contributed by atoms with E-state index in [1.54, 1.807) is 13.2 Å². The number of methoxy groups -OCH3 is 1. The van der Waals surface area contributed by atoms with Gasteiger partial charge in [0.25, 0.3) is 0 Å². The number of carbonyl (C=O) groups is 1. The topological polar surface area (TPSA) is 71.0 Å². The first-order valence-electron chi connectivity index (χ1n) is 10.6. The number of para-hydroxylation sites is 1. The number of halogens is 1. The van der Waals surface area contributed by atoms with Gasteiger partial charge in [0.15, 0.2) is 0 Å². The van der Waals surface area contributed by atoms with Crippen LogP contribution in [0.15, 0.2) is 42.5 Å². The monoisotopic (exact) mass is 446 g/mol. The number of likely N-dealkylation sites (tertiary alicyclic amines) is 1. The molecule has 0 unspecified atom stereocenters. The summed E-state index contributed by atoms with van der Waals surface area (Å²) < 4.78 is 11.2. The van der Waals surface area contributed by atoms with Gasteiger partial charge in [0.1, 0.15) is 18.1 Å². The average molecular weight is 447 g/mol. The number of ether oxygens (including phenoxy) is 2. The average Bonchev–Trinajstić information content (AvgIpc) is 2.95. The van der Waals surface area contributed by atoms with E-state index in [0.717, 1.165) is 29.8 Å². The highest BCUT2D eigenvalue weighted by molar-refractivity contribution is 6.32. The quantitative estimate of drug-likeness (QED) is 0.648. The number of aryl methyl sites for hydroxylation is 1. The standard InChI is InChI=1S/C24H31ClN2O4/c1-18-8-9-20(25)22(14-18)31-17-24(29)10-5-12-27(13-11-24)16-23(28)26-15-19-6-3-4-7-21(19)30-2/h3-4,6-9,14,29H,5,10-13,15-17H2,1-2H3,(H,26,28)/t24-/m0/s1. The number of amides is 1. The van der Waals surface area contributed by atoms with Gasteiger partial charge in [-0.25, -0.2) is 0 Å². The van der Waals surface area contributed by atoms with Gasteiger partial charge in [0, 0.05) is 18.7 Å². The van der Waals surface area contributed by atoms with Gasteiger partial charge in [-0.15, -0.1) is 0 Å². The highest BCUT2D eigenvalue weighted by atomic mass is 35.5. The first-order chi connectivity index (χ1) is 14.9. The Morgan fingerprint density at radius 1 is 1.19 bits per heavy atom. The van der Waals surface area contributed by atoms with Crippen molar-refractivity contribution in [1.29, 1.82) is 0 Å². The van der Waals surface area contributed by atoms with Crippen LogP contribution < -0.4 is 14.8 Å². The summed E-state index contributed by atoms with van der Waals surface area (Å²) in [6.07, 6.45) is 1.95. The Morgan fingerprint density at radius 3 is 2.81 bits per heavy atom. The molecule has 168 valence electrons. The summed E-state index contributed by atoms with van der Waals surface area (Å²) in [4.78, 5) is 14.5. The molecule has 1 aliphatic heterocycles. The van der Waals surface area contributed by atoms with E-state index in [9.17, 15) is 9.90 Å². The second kappa shape index (κ2) is 10.8. The third-order valence-corrected chi connectivity index (χ3v) is 5.94. The van der Waals surface area contributed by atoms with Gasteiger partial charge in [-0.2, -0.15) is 0 Å². The van der Waals surface area contributed by atoms with Crippen molar-refractivity contribution in [3.8, 4) is 11.5 Å². The van der Waals surface area contributed by atoms with Crippen LogP contribution in [0.4, 0.5) is 0 Å². The maximum Gasteiger partial charge on any atom is 0.234 e. The molecule has 3 rings (SSSR count). The normalized spacial score (nSPS) is 19.5. The van der Waals surface area contributed by atoms with Crippen LogP contribution in [-0.4, -0.2) is 54.9 Å². The number of nitrogens with one attached hydrogen (secondary N) is 1. The van der Waals surface area contributed by atoms with E-state index in [-0.39, 0.29) is 12.5 Å². The van der Waals surface area contributed by atoms with Gasteiger partial charge in [-0.05, 0) is 56.5 Å². The maximum absolute atomic E-state index is 12.4. The summed E-state index contributed by atoms with van der Waals surface area (Å²) >= 11 is 6.20. The maximum atomic E-state index is 12.4. The summed E-state index contributed by atoms with van der Waals surface area (Å²) in [6, 6.07) is 13.2. The first-order valence-corrected chi connectivity index (χ1v) is 11.0. The molecule has 0 radical (unpaired) electrons. The fraction of sp³-hybridized carbons (Fsp3) is 0.458. The number of rotatable bonds is 8. The first kappa shape index (κ1) is 23.4. The smallest absolute Gasteiger partial charge is 0.234 e. The SMILES string of the molecule is COc1ccccc1CNC(=O)CN1CCC[C@@](O)(COc2cc(C)ccc2Cl)CC1. The molecule has 0 spiro atoms. The predicted molar refractivity (Wildman–Crippen MR) is 122 cm³/mol. The Balaban J connectivity index is 1.47. The summed E-state index contributed by atoms with van der Waals surface area (Å²) in [5, 5.41) is 14.5. The third-order valence-electron chi connectivity index (χ3n) is 5.63. The number of hydrogen-bond acceptors (Lipinski definition) is 5. The highest BCUT2D eigenvalue weighted by Gasteiger charge is 2.31. The van der Waals surface area contributed by atoms with Gasteiger partial charge in [0.05, 0.1) is 24.3 Å². The van der Waals surface area contributed by atoms with Gasteiger partial charge in [0.2, 0.25) is 5.91 Å². The second-order valence-electron chi connectivity index (χ2n) is 8.17. The van der Waals surface area contributed by atoms with Crippen LogP contribution in [0.25, 0.3) is 0 Å². The molecule has 0 saturated carbocycles. The zero-order chi connectivity index (χ0) is 22.3. The van der Waals surface area contributed by atoms with Crippen molar-refractivity contribution in [2.75, 3.05) is 33.4 Å². The Kier molecular flexibility index (Phi) is 8.18. The largest absolute Gasteiger partial charge is 0.496 e. The minimum Gasteiger partial charge on any atom is -0.496 e. The third kappa shape index (κ3) is 6.86. The van der Waals surface area contributed by atoms with Gasteiger partial charge >= 0.3 is 0 Å². The molecule has 1 aliphatic rings. The van der Waals surface area contributed by atoms with E-state index in [1.165, 1.54) is 0 Å². The molecule has 1 saturated heterocycles. The molecule has 1 atom stereocenters. The molecule has 1 amide bonds. The van der Waals surface area contributed by atoms with Gasteiger partial charge in [-0.3, -0.25) is 9.69 Å². The van der Waals surface area contributed by atoms with Crippen molar-refractivity contribution < 1.29 is 19.4 Å². The van der Waals surface area contributed by atoms with Crippen LogP contribution in [0.1, 0.15) is 30.4 Å². The Hall–Kier alpha value is -2.28. The lowest BCUT2D eigenvalue weighted by Crippen LogP contribution is -2.40. The molecule has 0 aliphatic carbocycles. The Bertz CT molecular complexity index is 892. The minimum atomic E-state index is -0.935. The molecule has 2 aromatic carbocycles. The van der Waals surface area contributed by atoms with Crippen LogP contribution in [0.5, 0.6) is 11.5 Å². The molecule has 31 heavy (non-hydrogen) atoms. The van der Waals surface area contributed by atoms with Crippen molar-refractivity contribution in [3.63, 3.8) is 0 Å². The van der Waals surface area contributed by atoms with Crippen LogP contribution in [0, 0.1) is 6.92 Å². The number of aliphatic hydroxyl groups is 1. The number of carbonyl (C=O) groups excluding carboxylic acids is 1. The fourth-order valence-corrected chi connectivity index (χ4v) is 3.94. The molecular formula is C24H31ClN2O4. The van der Waals surface area contributed by atoms with Crippen molar-refractivity contribution in [1.82, 2.24) is 10.2 Å². The number of hydrogen-bond donors (Lipinski definition) is 2. The molecule has 1 heterocycles. The summed E-state index contributed by atoms with van der Waals surface area (Å²) in [7, 11) is 1.62. The fourth-order valence-electron chi connectivity index (χ4n) is 3.77. The Morgan fingerprint density at radius 2 is 2.00 bits per heavy atom. The van der Waals surface area contributed by atoms with Crippen molar-refractivity contribution in [3.05, 3.63) is 58.6 Å². The van der Waals surface area contributed by atoms with Gasteiger partial charge < -0.3 is 19.9 Å². The van der Waals surface area contributed by atoms with Crippen LogP contribution in [0.3, 0.4) is 0 Å². The number of nitrogens with zero attached hydrogens (tertiary/aromatic N) is 1. The molecule has 2 aromatic rings. The predicted octanol–water partition coefficient (Wildman–Crippen LogP) is 3.57. The van der Waals surface area contributed by atoms with Crippen molar-refractivity contribution >= 4 is 17.5 Å². The molecule has 7 heteroatoms. The van der Waals surface area contributed by atoms with E-state index < -0.39 is 5.60 Å². The lowest BCUT2D eigenvalue weighted by molar-refractivity contribution is -0.122. The van der Waals surface area contributed by atoms with Crippen molar-refractivity contribution in [2.45, 2.75) is 38.3 Å². The second-order valence-corrected chi connectivity index (χ2v) is 8.57. The minimum absolute atomic E-state index is 0.0425. The molecule has 6 nitrogen and oxygen atoms in total.